The van der Waals surface area contributed by atoms with Crippen LogP contribution in [0.5, 0.6) is 0 Å². The van der Waals surface area contributed by atoms with E-state index in [1.54, 1.807) is 13.0 Å². The molecule has 0 bridgehead atoms. The molecule has 1 amide bonds. The fourth-order valence-electron chi connectivity index (χ4n) is 3.89. The zero-order valence-electron chi connectivity index (χ0n) is 16.3. The van der Waals surface area contributed by atoms with Crippen LogP contribution in [-0.4, -0.2) is 54.7 Å². The third-order valence-electron chi connectivity index (χ3n) is 5.93. The number of likely N-dealkylation sites (N-methyl/N-ethyl adjacent to an activating group) is 1. The Labute approximate surface area is 168 Å². The molecule has 8 heteroatoms. The summed E-state index contributed by atoms with van der Waals surface area (Å²) < 4.78 is 0. The average molecular weight is 394 g/mol. The molecule has 0 spiro atoms. The number of hydrogen-bond donors (Lipinski definition) is 1. The van der Waals surface area contributed by atoms with Crippen LogP contribution in [-0.2, 0) is 10.2 Å². The van der Waals surface area contributed by atoms with Gasteiger partial charge in [0.05, 0.1) is 10.6 Å². The highest BCUT2D eigenvalue weighted by atomic mass is 16.6. The highest BCUT2D eigenvalue weighted by molar-refractivity contribution is 6.27. The molecule has 2 aromatic carbocycles. The van der Waals surface area contributed by atoms with Crippen LogP contribution >= 0.6 is 0 Å². The highest BCUT2D eigenvalue weighted by Gasteiger charge is 2.47. The third-order valence-corrected chi connectivity index (χ3v) is 5.93. The highest BCUT2D eigenvalue weighted by Crippen LogP contribution is 2.38. The van der Waals surface area contributed by atoms with E-state index in [2.05, 4.69) is 22.2 Å². The lowest BCUT2D eigenvalue weighted by molar-refractivity contribution is -0.384. The van der Waals surface area contributed by atoms with E-state index in [-0.39, 0.29) is 11.5 Å². The van der Waals surface area contributed by atoms with Crippen LogP contribution in [0.15, 0.2) is 42.5 Å². The topological polar surface area (TPSA) is 95.8 Å². The fourth-order valence-corrected chi connectivity index (χ4v) is 3.89. The Bertz CT molecular complexity index is 996. The lowest BCUT2D eigenvalue weighted by atomic mass is 9.73. The van der Waals surface area contributed by atoms with Crippen molar-refractivity contribution in [2.75, 3.05) is 43.4 Å². The van der Waals surface area contributed by atoms with Crippen molar-refractivity contribution in [3.8, 4) is 0 Å². The van der Waals surface area contributed by atoms with Gasteiger partial charge in [-0.25, -0.2) is 0 Å². The monoisotopic (exact) mass is 394 g/mol. The molecular weight excluding hydrogens is 372 g/mol. The van der Waals surface area contributed by atoms with Gasteiger partial charge in [-0.05, 0) is 37.7 Å². The first kappa shape index (κ1) is 19.1. The minimum absolute atomic E-state index is 0.0850. The largest absolute Gasteiger partial charge is 0.369 e. The predicted molar refractivity (Wildman–Crippen MR) is 110 cm³/mol. The molecular formula is C21H22N4O4. The van der Waals surface area contributed by atoms with Gasteiger partial charge in [0.1, 0.15) is 5.41 Å². The van der Waals surface area contributed by atoms with Crippen LogP contribution in [0.1, 0.15) is 22.8 Å². The number of ketones is 1. The summed E-state index contributed by atoms with van der Waals surface area (Å²) in [5.41, 5.74) is 0.845. The Balaban J connectivity index is 1.66. The van der Waals surface area contributed by atoms with Gasteiger partial charge in [0.15, 0.2) is 5.78 Å². The second-order valence-electron chi connectivity index (χ2n) is 7.73. The summed E-state index contributed by atoms with van der Waals surface area (Å²) in [7, 11) is 2.09. The molecule has 1 unspecified atom stereocenters. The van der Waals surface area contributed by atoms with Crippen molar-refractivity contribution in [1.82, 2.24) is 4.90 Å². The number of Topliss-reactive ketones (excluding diaryl/α,β-unsaturated/α-hetero) is 1. The molecule has 1 atom stereocenters. The van der Waals surface area contributed by atoms with Gasteiger partial charge < -0.3 is 15.1 Å². The van der Waals surface area contributed by atoms with Crippen molar-refractivity contribution in [3.05, 3.63) is 63.7 Å². The number of nitrogens with one attached hydrogen (secondary N) is 1. The molecule has 8 nitrogen and oxygen atoms in total. The summed E-state index contributed by atoms with van der Waals surface area (Å²) in [6.07, 6.45) is 0. The van der Waals surface area contributed by atoms with Gasteiger partial charge in [-0.1, -0.05) is 12.1 Å². The van der Waals surface area contributed by atoms with Gasteiger partial charge in [-0.3, -0.25) is 19.7 Å². The van der Waals surface area contributed by atoms with Crippen molar-refractivity contribution < 1.29 is 14.5 Å². The number of nitrogens with zero attached hydrogens (tertiary/aromatic N) is 3. The molecule has 0 radical (unpaired) electrons. The van der Waals surface area contributed by atoms with Crippen LogP contribution in [0.4, 0.5) is 17.1 Å². The van der Waals surface area contributed by atoms with E-state index in [1.807, 2.05) is 12.1 Å². The first-order valence-electron chi connectivity index (χ1n) is 9.49. The quantitative estimate of drug-likeness (QED) is 0.488. The Kier molecular flexibility index (Phi) is 4.58. The number of carbonyl (C=O) groups excluding carboxylic acids is 2. The minimum atomic E-state index is -1.43. The van der Waals surface area contributed by atoms with Crippen LogP contribution in [0.25, 0.3) is 0 Å². The molecule has 29 heavy (non-hydrogen) atoms. The second-order valence-corrected chi connectivity index (χ2v) is 7.73. The third kappa shape index (κ3) is 3.15. The van der Waals surface area contributed by atoms with E-state index in [0.29, 0.717) is 16.8 Å². The fraction of sp³-hybridized carbons (Fsp3) is 0.333. The Morgan fingerprint density at radius 1 is 1.03 bits per heavy atom. The molecule has 2 heterocycles. The number of hydrogen-bond acceptors (Lipinski definition) is 6. The van der Waals surface area contributed by atoms with Crippen molar-refractivity contribution in [1.29, 1.82) is 0 Å². The molecule has 0 saturated carbocycles. The summed E-state index contributed by atoms with van der Waals surface area (Å²) in [6.45, 7) is 5.25. The normalized spacial score (nSPS) is 22.2. The number of nitro groups is 1. The first-order valence-corrected chi connectivity index (χ1v) is 9.49. The molecule has 2 aromatic rings. The standard InChI is InChI=1S/C21H22N4O4/c1-21(14-3-5-15(6-4-14)25(28)29)19(26)17-8-7-16(13-18(17)22-20(21)27)24-11-9-23(2)10-12-24/h3-8,13H,9-12H2,1-2H3,(H,22,27). The van der Waals surface area contributed by atoms with E-state index in [1.165, 1.54) is 24.3 Å². The lowest BCUT2D eigenvalue weighted by Gasteiger charge is -2.36. The number of nitro benzene ring substituents is 1. The Morgan fingerprint density at radius 2 is 1.69 bits per heavy atom. The molecule has 1 fully saturated rings. The van der Waals surface area contributed by atoms with Crippen molar-refractivity contribution in [2.45, 2.75) is 12.3 Å². The molecule has 4 rings (SSSR count). The van der Waals surface area contributed by atoms with Crippen molar-refractivity contribution >= 4 is 28.8 Å². The van der Waals surface area contributed by atoms with Gasteiger partial charge in [0.25, 0.3) is 5.69 Å². The molecule has 0 aromatic heterocycles. The van der Waals surface area contributed by atoms with Crippen LogP contribution in [0.2, 0.25) is 0 Å². The van der Waals surface area contributed by atoms with Crippen LogP contribution in [0.3, 0.4) is 0 Å². The zero-order chi connectivity index (χ0) is 20.8. The Morgan fingerprint density at radius 3 is 2.31 bits per heavy atom. The molecule has 1 saturated heterocycles. The summed E-state index contributed by atoms with van der Waals surface area (Å²) in [4.78, 5) is 41.1. The summed E-state index contributed by atoms with van der Waals surface area (Å²) in [6, 6.07) is 11.1. The summed E-state index contributed by atoms with van der Waals surface area (Å²) in [5.74, 6) is -0.741. The summed E-state index contributed by atoms with van der Waals surface area (Å²) >= 11 is 0. The van der Waals surface area contributed by atoms with Crippen molar-refractivity contribution in [2.24, 2.45) is 0 Å². The summed E-state index contributed by atoms with van der Waals surface area (Å²) in [5, 5.41) is 13.8. The zero-order valence-corrected chi connectivity index (χ0v) is 16.3. The molecule has 2 aliphatic heterocycles. The SMILES string of the molecule is CN1CCN(c2ccc3c(c2)NC(=O)C(C)(c2ccc([N+](=O)[O-])cc2)C3=O)CC1. The number of benzene rings is 2. The number of fused-ring (bicyclic) bond motifs is 1. The Hall–Kier alpha value is -3.26. The number of rotatable bonds is 3. The molecule has 1 N–H and O–H groups in total. The van der Waals surface area contributed by atoms with E-state index >= 15 is 0 Å². The predicted octanol–water partition coefficient (Wildman–Crippen LogP) is 2.44. The lowest BCUT2D eigenvalue weighted by Crippen LogP contribution is -2.48. The average Bonchev–Trinajstić information content (AvgIpc) is 2.72. The molecule has 150 valence electrons. The van der Waals surface area contributed by atoms with E-state index in [0.717, 1.165) is 31.9 Å². The minimum Gasteiger partial charge on any atom is -0.369 e. The van der Waals surface area contributed by atoms with Gasteiger partial charge in [0.2, 0.25) is 5.91 Å². The number of anilines is 2. The molecule has 0 aliphatic carbocycles. The van der Waals surface area contributed by atoms with Gasteiger partial charge >= 0.3 is 0 Å². The molecule has 2 aliphatic rings. The number of non-ortho nitro benzene ring substituents is 1. The van der Waals surface area contributed by atoms with Crippen molar-refractivity contribution in [3.63, 3.8) is 0 Å². The maximum absolute atomic E-state index is 13.3. The van der Waals surface area contributed by atoms with Crippen LogP contribution in [0, 0.1) is 10.1 Å². The van der Waals surface area contributed by atoms with Crippen LogP contribution < -0.4 is 10.2 Å². The number of carbonyl (C=O) groups is 2. The maximum Gasteiger partial charge on any atom is 0.269 e. The number of amides is 1. The maximum atomic E-state index is 13.3. The second kappa shape index (κ2) is 6.97. The van der Waals surface area contributed by atoms with E-state index < -0.39 is 16.2 Å². The van der Waals surface area contributed by atoms with Gasteiger partial charge in [0, 0.05) is 49.6 Å². The van der Waals surface area contributed by atoms with E-state index in [9.17, 15) is 19.7 Å². The van der Waals surface area contributed by atoms with Gasteiger partial charge in [-0.15, -0.1) is 0 Å². The number of piperazine rings is 1. The first-order chi connectivity index (χ1) is 13.8. The smallest absolute Gasteiger partial charge is 0.269 e. The van der Waals surface area contributed by atoms with Gasteiger partial charge in [-0.2, -0.15) is 0 Å². The van der Waals surface area contributed by atoms with E-state index in [4.69, 9.17) is 0 Å².